The van der Waals surface area contributed by atoms with E-state index in [1.54, 1.807) is 0 Å². The predicted octanol–water partition coefficient (Wildman–Crippen LogP) is 2.05. The van der Waals surface area contributed by atoms with Crippen LogP contribution in [-0.4, -0.2) is 29.8 Å². The Morgan fingerprint density at radius 3 is 2.67 bits per heavy atom. The smallest absolute Gasteiger partial charge is 0.318 e. The van der Waals surface area contributed by atoms with Gasteiger partial charge in [0.25, 0.3) is 0 Å². The first-order chi connectivity index (χ1) is 8.58. The average molecular weight is 252 g/mol. The lowest BCUT2D eigenvalue weighted by atomic mass is 10.2. The second kappa shape index (κ2) is 5.69. The van der Waals surface area contributed by atoms with Gasteiger partial charge in [0.05, 0.1) is 6.54 Å². The maximum atomic E-state index is 5.67. The summed E-state index contributed by atoms with van der Waals surface area (Å²) >= 11 is 0. The normalized spacial score (nSPS) is 17.2. The van der Waals surface area contributed by atoms with Gasteiger partial charge in [-0.2, -0.15) is 0 Å². The van der Waals surface area contributed by atoms with Crippen LogP contribution in [0.3, 0.4) is 0 Å². The Balaban J connectivity index is 1.84. The van der Waals surface area contributed by atoms with Gasteiger partial charge in [0.15, 0.2) is 0 Å². The summed E-state index contributed by atoms with van der Waals surface area (Å²) in [4.78, 5) is 2.09. The lowest BCUT2D eigenvalue weighted by Crippen LogP contribution is -2.30. The molecule has 102 valence electrons. The standard InChI is InChI=1S/C13H24N4O/c1-9(2)7-14-8-12-15-16-13(18-12)17(4)10(3)11-5-6-11/h9-11,14H,5-8H2,1-4H3. The summed E-state index contributed by atoms with van der Waals surface area (Å²) in [6.07, 6.45) is 2.64. The van der Waals surface area contributed by atoms with Gasteiger partial charge >= 0.3 is 6.01 Å². The predicted molar refractivity (Wildman–Crippen MR) is 71.4 cm³/mol. The second-order valence-electron chi connectivity index (χ2n) is 5.69. The average Bonchev–Trinajstić information content (AvgIpc) is 3.07. The zero-order valence-corrected chi connectivity index (χ0v) is 11.8. The highest BCUT2D eigenvalue weighted by Gasteiger charge is 2.32. The third kappa shape index (κ3) is 3.45. The maximum absolute atomic E-state index is 5.67. The van der Waals surface area contributed by atoms with Crippen molar-refractivity contribution in [2.45, 2.75) is 46.2 Å². The molecule has 1 aliphatic carbocycles. The number of nitrogens with one attached hydrogen (secondary N) is 1. The van der Waals surface area contributed by atoms with Crippen molar-refractivity contribution in [2.75, 3.05) is 18.5 Å². The van der Waals surface area contributed by atoms with E-state index >= 15 is 0 Å². The molecule has 0 spiro atoms. The van der Waals surface area contributed by atoms with Crippen LogP contribution in [0.25, 0.3) is 0 Å². The van der Waals surface area contributed by atoms with E-state index in [9.17, 15) is 0 Å². The van der Waals surface area contributed by atoms with Crippen molar-refractivity contribution in [1.29, 1.82) is 0 Å². The molecule has 0 amide bonds. The molecular weight excluding hydrogens is 228 g/mol. The Morgan fingerprint density at radius 1 is 1.33 bits per heavy atom. The summed E-state index contributed by atoms with van der Waals surface area (Å²) in [5.41, 5.74) is 0. The summed E-state index contributed by atoms with van der Waals surface area (Å²) < 4.78 is 5.67. The molecule has 0 aliphatic heterocycles. The molecule has 5 nitrogen and oxygen atoms in total. The molecular formula is C13H24N4O. The molecule has 1 N–H and O–H groups in total. The number of nitrogens with zero attached hydrogens (tertiary/aromatic N) is 3. The van der Waals surface area contributed by atoms with E-state index in [0.29, 0.717) is 30.4 Å². The van der Waals surface area contributed by atoms with Gasteiger partial charge in [-0.05, 0) is 38.1 Å². The summed E-state index contributed by atoms with van der Waals surface area (Å²) in [7, 11) is 2.03. The zero-order valence-electron chi connectivity index (χ0n) is 11.8. The van der Waals surface area contributed by atoms with Crippen molar-refractivity contribution in [3.63, 3.8) is 0 Å². The van der Waals surface area contributed by atoms with E-state index in [0.717, 1.165) is 12.5 Å². The Bertz CT molecular complexity index is 373. The minimum absolute atomic E-state index is 0.488. The van der Waals surface area contributed by atoms with Gasteiger partial charge < -0.3 is 14.6 Å². The maximum Gasteiger partial charge on any atom is 0.318 e. The minimum Gasteiger partial charge on any atom is -0.407 e. The highest BCUT2D eigenvalue weighted by Crippen LogP contribution is 2.35. The molecule has 0 bridgehead atoms. The number of aromatic nitrogens is 2. The van der Waals surface area contributed by atoms with Gasteiger partial charge in [-0.15, -0.1) is 5.10 Å². The largest absolute Gasteiger partial charge is 0.407 e. The van der Waals surface area contributed by atoms with Crippen LogP contribution >= 0.6 is 0 Å². The molecule has 2 rings (SSSR count). The number of anilines is 1. The Labute approximate surface area is 109 Å². The molecule has 5 heteroatoms. The second-order valence-corrected chi connectivity index (χ2v) is 5.69. The molecule has 1 saturated carbocycles. The van der Waals surface area contributed by atoms with E-state index in [1.807, 2.05) is 7.05 Å². The molecule has 1 fully saturated rings. The molecule has 0 aromatic carbocycles. The third-order valence-corrected chi connectivity index (χ3v) is 3.50. The van der Waals surface area contributed by atoms with Crippen molar-refractivity contribution in [3.8, 4) is 0 Å². The topological polar surface area (TPSA) is 54.2 Å². The van der Waals surface area contributed by atoms with Crippen LogP contribution in [0.1, 0.15) is 39.5 Å². The van der Waals surface area contributed by atoms with Gasteiger partial charge in [-0.25, -0.2) is 0 Å². The van der Waals surface area contributed by atoms with Crippen molar-refractivity contribution in [1.82, 2.24) is 15.5 Å². The SMILES string of the molecule is CC(C)CNCc1nnc(N(C)C(C)C2CC2)o1. The van der Waals surface area contributed by atoms with Crippen molar-refractivity contribution in [3.05, 3.63) is 5.89 Å². The molecule has 1 heterocycles. The molecule has 18 heavy (non-hydrogen) atoms. The van der Waals surface area contributed by atoms with Crippen LogP contribution in [0.4, 0.5) is 6.01 Å². The number of hydrogen-bond acceptors (Lipinski definition) is 5. The van der Waals surface area contributed by atoms with E-state index in [-0.39, 0.29) is 0 Å². The highest BCUT2D eigenvalue weighted by molar-refractivity contribution is 5.25. The third-order valence-electron chi connectivity index (χ3n) is 3.50. The Kier molecular flexibility index (Phi) is 4.22. The van der Waals surface area contributed by atoms with Gasteiger partial charge in [-0.1, -0.05) is 18.9 Å². The van der Waals surface area contributed by atoms with Gasteiger partial charge in [0.1, 0.15) is 0 Å². The molecule has 1 atom stereocenters. The van der Waals surface area contributed by atoms with Crippen LogP contribution in [-0.2, 0) is 6.54 Å². The fraction of sp³-hybridized carbons (Fsp3) is 0.846. The summed E-state index contributed by atoms with van der Waals surface area (Å²) in [5.74, 6) is 2.09. The van der Waals surface area contributed by atoms with Crippen LogP contribution in [0.2, 0.25) is 0 Å². The summed E-state index contributed by atoms with van der Waals surface area (Å²) in [6.45, 7) is 8.19. The number of rotatable bonds is 7. The lowest BCUT2D eigenvalue weighted by Gasteiger charge is -2.21. The fourth-order valence-corrected chi connectivity index (χ4v) is 2.00. The number of hydrogen-bond donors (Lipinski definition) is 1. The van der Waals surface area contributed by atoms with Crippen molar-refractivity contribution >= 4 is 6.01 Å². The first-order valence-electron chi connectivity index (χ1n) is 6.84. The highest BCUT2D eigenvalue weighted by atomic mass is 16.4. The summed E-state index contributed by atoms with van der Waals surface area (Å²) in [6, 6.07) is 1.12. The first kappa shape index (κ1) is 13.3. The fourth-order valence-electron chi connectivity index (χ4n) is 2.00. The van der Waals surface area contributed by atoms with E-state index < -0.39 is 0 Å². The minimum atomic E-state index is 0.488. The Morgan fingerprint density at radius 2 is 2.06 bits per heavy atom. The van der Waals surface area contributed by atoms with Gasteiger partial charge in [0, 0.05) is 13.1 Å². The molecule has 1 aromatic rings. The van der Waals surface area contributed by atoms with Crippen molar-refractivity contribution < 1.29 is 4.42 Å². The van der Waals surface area contributed by atoms with E-state index in [1.165, 1.54) is 12.8 Å². The van der Waals surface area contributed by atoms with Gasteiger partial charge in [0.2, 0.25) is 5.89 Å². The molecule has 0 radical (unpaired) electrons. The Hall–Kier alpha value is -1.10. The van der Waals surface area contributed by atoms with Crippen LogP contribution < -0.4 is 10.2 Å². The summed E-state index contributed by atoms with van der Waals surface area (Å²) in [5, 5.41) is 11.5. The first-order valence-corrected chi connectivity index (χ1v) is 6.84. The van der Waals surface area contributed by atoms with Crippen LogP contribution in [0, 0.1) is 11.8 Å². The molecule has 0 saturated heterocycles. The van der Waals surface area contributed by atoms with E-state index in [2.05, 4.69) is 41.2 Å². The molecule has 1 unspecified atom stereocenters. The van der Waals surface area contributed by atoms with Gasteiger partial charge in [-0.3, -0.25) is 0 Å². The zero-order chi connectivity index (χ0) is 13.1. The van der Waals surface area contributed by atoms with Crippen molar-refractivity contribution in [2.24, 2.45) is 11.8 Å². The van der Waals surface area contributed by atoms with Crippen LogP contribution in [0.5, 0.6) is 0 Å². The van der Waals surface area contributed by atoms with Crippen LogP contribution in [0.15, 0.2) is 4.42 Å². The quantitative estimate of drug-likeness (QED) is 0.805. The lowest BCUT2D eigenvalue weighted by molar-refractivity contribution is 0.439. The van der Waals surface area contributed by atoms with E-state index in [4.69, 9.17) is 4.42 Å². The molecule has 1 aliphatic rings. The monoisotopic (exact) mass is 252 g/mol. The molecule has 1 aromatic heterocycles.